The first-order chi connectivity index (χ1) is 17.9. The highest BCUT2D eigenvalue weighted by Gasteiger charge is 2.42. The molecule has 1 N–H and O–H groups in total. The minimum atomic E-state index is -4.43. The van der Waals surface area contributed by atoms with E-state index in [4.69, 9.17) is 4.74 Å². The SMILES string of the molecule is O=C(NCc1cccnc1)[C@H]1Cc2cc(C(F)(F)F)ccc2N2CCN(CCOc3ccccc3)C[C@H]12. The smallest absolute Gasteiger partial charge is 0.416 e. The Hall–Kier alpha value is -3.59. The van der Waals surface area contributed by atoms with E-state index < -0.39 is 17.7 Å². The highest BCUT2D eigenvalue weighted by molar-refractivity contribution is 5.82. The van der Waals surface area contributed by atoms with Gasteiger partial charge in [0.25, 0.3) is 0 Å². The number of carbonyl (C=O) groups is 1. The Labute approximate surface area is 214 Å². The number of rotatable bonds is 7. The van der Waals surface area contributed by atoms with Crippen molar-refractivity contribution in [1.29, 1.82) is 0 Å². The van der Waals surface area contributed by atoms with Crippen molar-refractivity contribution in [2.75, 3.05) is 37.7 Å². The number of halogens is 3. The van der Waals surface area contributed by atoms with E-state index >= 15 is 0 Å². The summed E-state index contributed by atoms with van der Waals surface area (Å²) in [5, 5.41) is 2.99. The van der Waals surface area contributed by atoms with Crippen molar-refractivity contribution in [1.82, 2.24) is 15.2 Å². The molecule has 2 aliphatic rings. The molecule has 194 valence electrons. The van der Waals surface area contributed by atoms with E-state index in [2.05, 4.69) is 20.1 Å². The monoisotopic (exact) mass is 510 g/mol. The van der Waals surface area contributed by atoms with Crippen molar-refractivity contribution in [2.45, 2.75) is 25.2 Å². The third kappa shape index (κ3) is 5.88. The fourth-order valence-corrected chi connectivity index (χ4v) is 5.19. The van der Waals surface area contributed by atoms with E-state index in [0.717, 1.165) is 29.6 Å². The Morgan fingerprint density at radius 3 is 2.68 bits per heavy atom. The average Bonchev–Trinajstić information content (AvgIpc) is 2.91. The molecule has 2 atom stereocenters. The number of pyridine rings is 1. The minimum Gasteiger partial charge on any atom is -0.492 e. The van der Waals surface area contributed by atoms with Crippen LogP contribution in [0.3, 0.4) is 0 Å². The van der Waals surface area contributed by atoms with Crippen molar-refractivity contribution in [3.63, 3.8) is 0 Å². The van der Waals surface area contributed by atoms with Crippen molar-refractivity contribution in [3.05, 3.63) is 89.7 Å². The highest BCUT2D eigenvalue weighted by Crippen LogP contribution is 2.39. The zero-order chi connectivity index (χ0) is 25.8. The number of nitrogens with zero attached hydrogens (tertiary/aromatic N) is 3. The highest BCUT2D eigenvalue weighted by atomic mass is 19.4. The average molecular weight is 511 g/mol. The van der Waals surface area contributed by atoms with Crippen LogP contribution in [-0.2, 0) is 23.9 Å². The van der Waals surface area contributed by atoms with Gasteiger partial charge in [-0.2, -0.15) is 13.2 Å². The predicted molar refractivity (Wildman–Crippen MR) is 134 cm³/mol. The Morgan fingerprint density at radius 1 is 1.08 bits per heavy atom. The van der Waals surface area contributed by atoms with Gasteiger partial charge < -0.3 is 15.0 Å². The molecule has 3 aromatic rings. The summed E-state index contributed by atoms with van der Waals surface area (Å²) in [6, 6.07) is 17.0. The van der Waals surface area contributed by atoms with Crippen molar-refractivity contribution < 1.29 is 22.7 Å². The van der Waals surface area contributed by atoms with Gasteiger partial charge in [-0.1, -0.05) is 24.3 Å². The Balaban J connectivity index is 1.33. The number of hydrogen-bond acceptors (Lipinski definition) is 5. The maximum Gasteiger partial charge on any atom is 0.416 e. The van der Waals surface area contributed by atoms with Crippen LogP contribution in [0.1, 0.15) is 16.7 Å². The molecule has 0 spiro atoms. The molecule has 0 radical (unpaired) electrons. The van der Waals surface area contributed by atoms with Crippen LogP contribution in [0.4, 0.5) is 18.9 Å². The van der Waals surface area contributed by atoms with Gasteiger partial charge in [0, 0.05) is 50.8 Å². The number of piperazine rings is 1. The number of alkyl halides is 3. The number of hydrogen-bond donors (Lipinski definition) is 1. The number of nitrogens with one attached hydrogen (secondary N) is 1. The van der Waals surface area contributed by atoms with E-state index in [9.17, 15) is 18.0 Å². The first-order valence-corrected chi connectivity index (χ1v) is 12.4. The Bertz CT molecular complexity index is 1210. The molecule has 1 fully saturated rings. The van der Waals surface area contributed by atoms with Crippen LogP contribution < -0.4 is 15.0 Å². The molecule has 1 saturated heterocycles. The Morgan fingerprint density at radius 2 is 1.92 bits per heavy atom. The number of para-hydroxylation sites is 1. The van der Waals surface area contributed by atoms with E-state index in [1.54, 1.807) is 24.5 Å². The maximum absolute atomic E-state index is 13.4. The van der Waals surface area contributed by atoms with Crippen LogP contribution in [0.5, 0.6) is 5.75 Å². The number of anilines is 1. The van der Waals surface area contributed by atoms with Crippen LogP contribution in [-0.4, -0.2) is 54.6 Å². The molecule has 0 saturated carbocycles. The molecule has 1 amide bonds. The fraction of sp³-hybridized carbons (Fsp3) is 0.357. The third-order valence-corrected chi connectivity index (χ3v) is 7.07. The third-order valence-electron chi connectivity index (χ3n) is 7.07. The molecule has 3 heterocycles. The Kier molecular flexibility index (Phi) is 7.32. The molecule has 0 bridgehead atoms. The van der Waals surface area contributed by atoms with Gasteiger partial charge in [-0.3, -0.25) is 14.7 Å². The van der Waals surface area contributed by atoms with E-state index in [0.29, 0.717) is 38.3 Å². The lowest BCUT2D eigenvalue weighted by Gasteiger charge is -2.49. The van der Waals surface area contributed by atoms with E-state index in [-0.39, 0.29) is 18.4 Å². The van der Waals surface area contributed by atoms with E-state index in [1.165, 1.54) is 6.07 Å². The van der Waals surface area contributed by atoms with Crippen molar-refractivity contribution >= 4 is 11.6 Å². The predicted octanol–water partition coefficient (Wildman–Crippen LogP) is 4.16. The summed E-state index contributed by atoms with van der Waals surface area (Å²) >= 11 is 0. The second-order valence-corrected chi connectivity index (χ2v) is 9.45. The second-order valence-electron chi connectivity index (χ2n) is 9.45. The lowest BCUT2D eigenvalue weighted by molar-refractivity contribution is -0.137. The second kappa shape index (κ2) is 10.8. The van der Waals surface area contributed by atoms with Gasteiger partial charge in [-0.05, 0) is 53.9 Å². The normalized spacial score (nSPS) is 19.6. The molecule has 6 nitrogen and oxygen atoms in total. The summed E-state index contributed by atoms with van der Waals surface area (Å²) in [5.41, 5.74) is 1.53. The molecular weight excluding hydrogens is 481 g/mol. The largest absolute Gasteiger partial charge is 0.492 e. The van der Waals surface area contributed by atoms with Gasteiger partial charge in [-0.25, -0.2) is 0 Å². The maximum atomic E-state index is 13.4. The molecule has 5 rings (SSSR count). The van der Waals surface area contributed by atoms with E-state index in [1.807, 2.05) is 36.4 Å². The van der Waals surface area contributed by atoms with Gasteiger partial charge in [0.15, 0.2) is 0 Å². The summed E-state index contributed by atoms with van der Waals surface area (Å²) in [5.74, 6) is 0.163. The molecule has 1 aromatic heterocycles. The lowest BCUT2D eigenvalue weighted by atomic mass is 9.82. The summed E-state index contributed by atoms with van der Waals surface area (Å²) in [7, 11) is 0. The van der Waals surface area contributed by atoms with Crippen LogP contribution >= 0.6 is 0 Å². The molecule has 0 unspecified atom stereocenters. The summed E-state index contributed by atoms with van der Waals surface area (Å²) in [6.45, 7) is 3.52. The van der Waals surface area contributed by atoms with Crippen LogP contribution in [0.15, 0.2) is 73.1 Å². The van der Waals surface area contributed by atoms with Crippen LogP contribution in [0.25, 0.3) is 0 Å². The molecule has 9 heteroatoms. The standard InChI is InChI=1S/C28H29F3N4O2/c29-28(30,31)22-8-9-25-21(15-22)16-24(27(36)33-18-20-5-4-10-32-17-20)26-19-34(11-12-35(25)26)13-14-37-23-6-2-1-3-7-23/h1-10,15,17,24,26H,11-14,16,18-19H2,(H,33,36)/t24-,26+/m0/s1. The minimum absolute atomic E-state index is 0.149. The first-order valence-electron chi connectivity index (χ1n) is 12.4. The number of benzene rings is 2. The quantitative estimate of drug-likeness (QED) is 0.518. The molecule has 0 aliphatic carbocycles. The summed E-state index contributed by atoms with van der Waals surface area (Å²) in [4.78, 5) is 21.9. The number of amides is 1. The molecular formula is C28H29F3N4O2. The van der Waals surface area contributed by atoms with Gasteiger partial charge in [0.2, 0.25) is 5.91 Å². The van der Waals surface area contributed by atoms with Gasteiger partial charge in [0.1, 0.15) is 12.4 Å². The fourth-order valence-electron chi connectivity index (χ4n) is 5.19. The van der Waals surface area contributed by atoms with Crippen molar-refractivity contribution in [2.24, 2.45) is 5.92 Å². The van der Waals surface area contributed by atoms with Crippen molar-refractivity contribution in [3.8, 4) is 5.75 Å². The van der Waals surface area contributed by atoms with Gasteiger partial charge >= 0.3 is 6.18 Å². The number of fused-ring (bicyclic) bond motifs is 3. The first kappa shape index (κ1) is 25.1. The number of aromatic nitrogens is 1. The number of ether oxygens (including phenoxy) is 1. The zero-order valence-corrected chi connectivity index (χ0v) is 20.3. The zero-order valence-electron chi connectivity index (χ0n) is 20.3. The van der Waals surface area contributed by atoms with Crippen LogP contribution in [0.2, 0.25) is 0 Å². The molecule has 37 heavy (non-hydrogen) atoms. The molecule has 2 aromatic carbocycles. The lowest BCUT2D eigenvalue weighted by Crippen LogP contribution is -2.61. The number of carbonyl (C=O) groups excluding carboxylic acids is 1. The molecule has 2 aliphatic heterocycles. The topological polar surface area (TPSA) is 57.7 Å². The summed E-state index contributed by atoms with van der Waals surface area (Å²) in [6.07, 6.45) is -0.819. The van der Waals surface area contributed by atoms with Crippen LogP contribution in [0, 0.1) is 5.92 Å². The summed E-state index contributed by atoms with van der Waals surface area (Å²) < 4.78 is 46.2. The van der Waals surface area contributed by atoms with Gasteiger partial charge in [0.05, 0.1) is 17.5 Å². The van der Waals surface area contributed by atoms with Gasteiger partial charge in [-0.15, -0.1) is 0 Å².